The second kappa shape index (κ2) is 9.29. The molecule has 0 aromatic heterocycles. The van der Waals surface area contributed by atoms with Crippen molar-refractivity contribution >= 4 is 11.7 Å². The summed E-state index contributed by atoms with van der Waals surface area (Å²) in [6.07, 6.45) is 3.12. The van der Waals surface area contributed by atoms with Gasteiger partial charge >= 0.3 is 5.97 Å². The van der Waals surface area contributed by atoms with Gasteiger partial charge in [0.05, 0.1) is 6.04 Å². The normalized spacial score (nSPS) is 26.7. The summed E-state index contributed by atoms with van der Waals surface area (Å²) >= 11 is 0. The molecule has 2 aliphatic rings. The molecule has 34 heavy (non-hydrogen) atoms. The molecule has 3 nitrogen and oxygen atoms in total. The molecule has 0 amide bonds. The Morgan fingerprint density at radius 3 is 2.09 bits per heavy atom. The average Bonchev–Trinajstić information content (AvgIpc) is 3.62. The highest BCUT2D eigenvalue weighted by Crippen LogP contribution is 2.49. The molecule has 0 bridgehead atoms. The SMILES string of the molecule is C[C@@H]1CC[C@@H](C(C)(C)c2ccccc2)[C@H](OC(=O)[C@H]2[C@@H](c3ccccc3)N2c2ccccc2)C1. The van der Waals surface area contributed by atoms with Gasteiger partial charge in [-0.25, -0.2) is 4.79 Å². The fraction of sp³-hybridized carbons (Fsp3) is 0.387. The van der Waals surface area contributed by atoms with Crippen LogP contribution in [0.3, 0.4) is 0 Å². The summed E-state index contributed by atoms with van der Waals surface area (Å²) in [7, 11) is 0. The van der Waals surface area contributed by atoms with E-state index in [0.29, 0.717) is 11.8 Å². The maximum Gasteiger partial charge on any atom is 0.331 e. The highest BCUT2D eigenvalue weighted by Gasteiger charge is 2.55. The quantitative estimate of drug-likeness (QED) is 0.299. The van der Waals surface area contributed by atoms with Gasteiger partial charge in [0, 0.05) is 11.6 Å². The van der Waals surface area contributed by atoms with Crippen molar-refractivity contribution in [2.75, 3.05) is 4.90 Å². The number of rotatable bonds is 6. The van der Waals surface area contributed by atoms with E-state index in [4.69, 9.17) is 4.74 Å². The lowest BCUT2D eigenvalue weighted by molar-refractivity contribution is -0.155. The van der Waals surface area contributed by atoms with Crippen LogP contribution in [0.5, 0.6) is 0 Å². The molecule has 0 radical (unpaired) electrons. The maximum atomic E-state index is 13.7. The number of hydrogen-bond acceptors (Lipinski definition) is 3. The molecule has 1 saturated heterocycles. The van der Waals surface area contributed by atoms with E-state index in [-0.39, 0.29) is 29.6 Å². The Kier molecular flexibility index (Phi) is 6.20. The Labute approximate surface area is 203 Å². The summed E-state index contributed by atoms with van der Waals surface area (Å²) in [6.45, 7) is 6.90. The van der Waals surface area contributed by atoms with Crippen LogP contribution in [-0.2, 0) is 14.9 Å². The van der Waals surface area contributed by atoms with Crippen molar-refractivity contribution in [1.82, 2.24) is 0 Å². The van der Waals surface area contributed by atoms with E-state index >= 15 is 0 Å². The Balaban J connectivity index is 1.39. The zero-order valence-corrected chi connectivity index (χ0v) is 20.4. The van der Waals surface area contributed by atoms with Crippen molar-refractivity contribution in [3.8, 4) is 0 Å². The first-order chi connectivity index (χ1) is 16.5. The molecule has 0 spiro atoms. The van der Waals surface area contributed by atoms with Crippen LogP contribution in [0.4, 0.5) is 5.69 Å². The van der Waals surface area contributed by atoms with Crippen molar-refractivity contribution in [2.45, 2.75) is 63.6 Å². The number of nitrogens with zero attached hydrogens (tertiary/aromatic N) is 1. The summed E-state index contributed by atoms with van der Waals surface area (Å²) in [5.74, 6) is 0.773. The molecule has 2 fully saturated rings. The van der Waals surface area contributed by atoms with Crippen molar-refractivity contribution in [3.63, 3.8) is 0 Å². The molecule has 3 aromatic rings. The zero-order valence-electron chi connectivity index (χ0n) is 20.4. The summed E-state index contributed by atoms with van der Waals surface area (Å²) in [4.78, 5) is 15.9. The number of hydrogen-bond donors (Lipinski definition) is 0. The predicted octanol–water partition coefficient (Wildman–Crippen LogP) is 6.94. The van der Waals surface area contributed by atoms with Gasteiger partial charge in [0.1, 0.15) is 6.10 Å². The second-order valence-corrected chi connectivity index (χ2v) is 10.6. The minimum Gasteiger partial charge on any atom is -0.460 e. The van der Waals surface area contributed by atoms with Crippen molar-refractivity contribution in [3.05, 3.63) is 102 Å². The third-order valence-electron chi connectivity index (χ3n) is 8.01. The van der Waals surface area contributed by atoms with Crippen LogP contribution in [0.1, 0.15) is 57.2 Å². The number of benzene rings is 3. The van der Waals surface area contributed by atoms with Gasteiger partial charge in [0.15, 0.2) is 6.04 Å². The van der Waals surface area contributed by atoms with E-state index in [1.807, 2.05) is 36.4 Å². The van der Waals surface area contributed by atoms with Crippen molar-refractivity contribution in [2.24, 2.45) is 11.8 Å². The van der Waals surface area contributed by atoms with Crippen molar-refractivity contribution < 1.29 is 9.53 Å². The van der Waals surface area contributed by atoms with Crippen LogP contribution in [0, 0.1) is 11.8 Å². The summed E-state index contributed by atoms with van der Waals surface area (Å²) in [5, 5.41) is 0. The first kappa shape index (κ1) is 22.7. The fourth-order valence-electron chi connectivity index (χ4n) is 5.97. The first-order valence-electron chi connectivity index (χ1n) is 12.6. The molecule has 1 heterocycles. The van der Waals surface area contributed by atoms with Gasteiger partial charge in [-0.1, -0.05) is 106 Å². The summed E-state index contributed by atoms with van der Waals surface area (Å²) < 4.78 is 6.43. The Hall–Kier alpha value is -3.07. The van der Waals surface area contributed by atoms with Gasteiger partial charge < -0.3 is 9.64 Å². The predicted molar refractivity (Wildman–Crippen MR) is 138 cm³/mol. The molecule has 0 unspecified atom stereocenters. The Morgan fingerprint density at radius 2 is 1.44 bits per heavy atom. The van der Waals surface area contributed by atoms with E-state index in [2.05, 4.69) is 80.3 Å². The number of esters is 1. The lowest BCUT2D eigenvalue weighted by atomic mass is 9.64. The van der Waals surface area contributed by atoms with Crippen LogP contribution in [-0.4, -0.2) is 18.1 Å². The Morgan fingerprint density at radius 1 is 0.853 bits per heavy atom. The van der Waals surface area contributed by atoms with E-state index < -0.39 is 0 Å². The van der Waals surface area contributed by atoms with Gasteiger partial charge in [-0.2, -0.15) is 0 Å². The second-order valence-electron chi connectivity index (χ2n) is 10.6. The number of ether oxygens (including phenoxy) is 1. The van der Waals surface area contributed by atoms with Gasteiger partial charge in [-0.05, 0) is 47.4 Å². The molecular formula is C31H35NO2. The van der Waals surface area contributed by atoms with Gasteiger partial charge in [0.2, 0.25) is 0 Å². The highest BCUT2D eigenvalue weighted by atomic mass is 16.5. The smallest absolute Gasteiger partial charge is 0.331 e. The molecule has 5 atom stereocenters. The number of carbonyl (C=O) groups excluding carboxylic acids is 1. The lowest BCUT2D eigenvalue weighted by Gasteiger charge is -2.44. The third kappa shape index (κ3) is 4.36. The van der Waals surface area contributed by atoms with Crippen LogP contribution in [0.2, 0.25) is 0 Å². The standard InChI is InChI=1S/C31H35NO2/c1-22-19-20-26(31(2,3)24-15-9-5-10-16-24)27(21-22)34-30(33)29-28(23-13-7-4-8-14-23)32(29)25-17-11-6-12-18-25/h4-18,22,26-29H,19-21H2,1-3H3/t22-,26-,27-,28-,29-,32?/m1/s1. The average molecular weight is 454 g/mol. The van der Waals surface area contributed by atoms with Crippen LogP contribution < -0.4 is 4.90 Å². The molecule has 1 saturated carbocycles. The molecule has 176 valence electrons. The van der Waals surface area contributed by atoms with Gasteiger partial charge in [-0.15, -0.1) is 0 Å². The Bertz CT molecular complexity index is 1050. The number of carbonyl (C=O) groups is 1. The summed E-state index contributed by atoms with van der Waals surface area (Å²) in [6, 6.07) is 31.0. The monoisotopic (exact) mass is 453 g/mol. The minimum atomic E-state index is -0.275. The van der Waals surface area contributed by atoms with Gasteiger partial charge in [0.25, 0.3) is 0 Å². The molecule has 3 aromatic carbocycles. The molecule has 5 rings (SSSR count). The summed E-state index contributed by atoms with van der Waals surface area (Å²) in [5.41, 5.74) is 3.48. The van der Waals surface area contributed by atoms with E-state index in [0.717, 1.165) is 24.1 Å². The molecule has 1 aliphatic heterocycles. The fourth-order valence-corrected chi connectivity index (χ4v) is 5.97. The van der Waals surface area contributed by atoms with Crippen LogP contribution in [0.25, 0.3) is 0 Å². The third-order valence-corrected chi connectivity index (χ3v) is 8.01. The minimum absolute atomic E-state index is 0.0256. The lowest BCUT2D eigenvalue weighted by Crippen LogP contribution is -2.44. The first-order valence-corrected chi connectivity index (χ1v) is 12.6. The highest BCUT2D eigenvalue weighted by molar-refractivity contribution is 5.89. The van der Waals surface area contributed by atoms with E-state index in [1.54, 1.807) is 0 Å². The molecule has 0 N–H and O–H groups in total. The van der Waals surface area contributed by atoms with Crippen molar-refractivity contribution in [1.29, 1.82) is 0 Å². The van der Waals surface area contributed by atoms with E-state index in [1.165, 1.54) is 12.0 Å². The molecule has 1 aliphatic carbocycles. The number of anilines is 1. The zero-order chi connectivity index (χ0) is 23.7. The largest absolute Gasteiger partial charge is 0.460 e. The maximum absolute atomic E-state index is 13.7. The van der Waals surface area contributed by atoms with Crippen LogP contribution in [0.15, 0.2) is 91.0 Å². The topological polar surface area (TPSA) is 29.3 Å². The molecule has 3 heteroatoms. The van der Waals surface area contributed by atoms with Gasteiger partial charge in [-0.3, -0.25) is 0 Å². The number of para-hydroxylation sites is 1. The van der Waals surface area contributed by atoms with E-state index in [9.17, 15) is 4.79 Å². The van der Waals surface area contributed by atoms with Crippen LogP contribution >= 0.6 is 0 Å². The molecular weight excluding hydrogens is 418 g/mol.